The van der Waals surface area contributed by atoms with E-state index in [1.54, 1.807) is 0 Å². The molecule has 90 valence electrons. The molecule has 0 atom stereocenters. The van der Waals surface area contributed by atoms with Crippen molar-refractivity contribution in [2.24, 2.45) is 5.41 Å². The highest BCUT2D eigenvalue weighted by Gasteiger charge is 2.39. The predicted octanol–water partition coefficient (Wildman–Crippen LogP) is 3.55. The summed E-state index contributed by atoms with van der Waals surface area (Å²) in [6.45, 7) is 8.86. The van der Waals surface area contributed by atoms with Gasteiger partial charge in [0.05, 0.1) is 0 Å². The second-order valence-corrected chi connectivity index (χ2v) is 6.41. The Hall–Kier alpha value is -0.410. The van der Waals surface area contributed by atoms with Gasteiger partial charge in [0.1, 0.15) is 5.01 Å². The average molecular weight is 238 g/mol. The number of nitrogens with one attached hydrogen (secondary N) is 1. The summed E-state index contributed by atoms with van der Waals surface area (Å²) >= 11 is 1.85. The zero-order valence-electron chi connectivity index (χ0n) is 10.5. The van der Waals surface area contributed by atoms with Gasteiger partial charge in [-0.3, -0.25) is 0 Å². The zero-order valence-corrected chi connectivity index (χ0v) is 11.4. The van der Waals surface area contributed by atoms with E-state index in [0.717, 1.165) is 6.54 Å². The molecule has 3 heteroatoms. The summed E-state index contributed by atoms with van der Waals surface area (Å²) in [5, 5.41) is 4.79. The second-order valence-electron chi connectivity index (χ2n) is 5.27. The van der Waals surface area contributed by atoms with Crippen molar-refractivity contribution in [3.05, 3.63) is 16.1 Å². The predicted molar refractivity (Wildman–Crippen MR) is 69.9 cm³/mol. The number of hydrogen-bond donors (Lipinski definition) is 1. The second kappa shape index (κ2) is 4.84. The van der Waals surface area contributed by atoms with Crippen molar-refractivity contribution in [1.82, 2.24) is 10.3 Å². The molecule has 0 unspecified atom stereocenters. The molecule has 16 heavy (non-hydrogen) atoms. The zero-order chi connectivity index (χ0) is 11.6. The smallest absolute Gasteiger partial charge is 0.107 e. The molecule has 0 bridgehead atoms. The molecule has 1 heterocycles. The summed E-state index contributed by atoms with van der Waals surface area (Å²) in [5.41, 5.74) is 0.637. The maximum absolute atomic E-state index is 4.46. The molecular weight excluding hydrogens is 216 g/mol. The minimum absolute atomic E-state index is 0.608. The number of nitrogens with zero attached hydrogens (tertiary/aromatic N) is 1. The van der Waals surface area contributed by atoms with Gasteiger partial charge in [-0.25, -0.2) is 4.98 Å². The molecular formula is C13H22N2S. The Balaban J connectivity index is 1.77. The quantitative estimate of drug-likeness (QED) is 0.820. The van der Waals surface area contributed by atoms with Crippen LogP contribution in [0.1, 0.15) is 55.8 Å². The summed E-state index contributed by atoms with van der Waals surface area (Å²) in [5.74, 6) is 0.608. The molecule has 1 aliphatic carbocycles. The minimum atomic E-state index is 0.608. The van der Waals surface area contributed by atoms with E-state index < -0.39 is 0 Å². The molecule has 1 aliphatic rings. The fourth-order valence-corrected chi connectivity index (χ4v) is 2.83. The average Bonchev–Trinajstić information content (AvgIpc) is 2.88. The standard InChI is InChI=1S/C13H22N2S/c1-4-13(5-6-13)9-14-8-12-15-7-11(16-12)10(2)3/h7,10,14H,4-6,8-9H2,1-3H3. The summed E-state index contributed by atoms with van der Waals surface area (Å²) < 4.78 is 0. The third-order valence-electron chi connectivity index (χ3n) is 3.62. The summed E-state index contributed by atoms with van der Waals surface area (Å²) in [4.78, 5) is 5.86. The van der Waals surface area contributed by atoms with E-state index >= 15 is 0 Å². The highest BCUT2D eigenvalue weighted by Crippen LogP contribution is 2.47. The maximum atomic E-state index is 4.46. The van der Waals surface area contributed by atoms with Crippen LogP contribution in [0.15, 0.2) is 6.20 Å². The fraction of sp³-hybridized carbons (Fsp3) is 0.769. The monoisotopic (exact) mass is 238 g/mol. The number of rotatable bonds is 6. The number of thiazole rings is 1. The van der Waals surface area contributed by atoms with E-state index in [0.29, 0.717) is 11.3 Å². The van der Waals surface area contributed by atoms with Gasteiger partial charge in [-0.1, -0.05) is 20.8 Å². The van der Waals surface area contributed by atoms with Crippen molar-refractivity contribution in [3.63, 3.8) is 0 Å². The maximum Gasteiger partial charge on any atom is 0.107 e. The molecule has 2 rings (SSSR count). The summed E-state index contributed by atoms with van der Waals surface area (Å²) in [7, 11) is 0. The van der Waals surface area contributed by atoms with E-state index in [1.807, 2.05) is 17.5 Å². The summed E-state index contributed by atoms with van der Waals surface area (Å²) in [6.07, 6.45) is 6.16. The Morgan fingerprint density at radius 1 is 1.50 bits per heavy atom. The van der Waals surface area contributed by atoms with Crippen LogP contribution in [0.3, 0.4) is 0 Å². The minimum Gasteiger partial charge on any atom is -0.310 e. The molecule has 2 nitrogen and oxygen atoms in total. The van der Waals surface area contributed by atoms with Gasteiger partial charge < -0.3 is 5.32 Å². The Morgan fingerprint density at radius 2 is 2.25 bits per heavy atom. The van der Waals surface area contributed by atoms with Gasteiger partial charge in [-0.15, -0.1) is 11.3 Å². The first kappa shape index (κ1) is 12.1. The van der Waals surface area contributed by atoms with Crippen LogP contribution >= 0.6 is 11.3 Å². The van der Waals surface area contributed by atoms with E-state index in [-0.39, 0.29) is 0 Å². The van der Waals surface area contributed by atoms with Gasteiger partial charge in [-0.2, -0.15) is 0 Å². The Morgan fingerprint density at radius 3 is 2.75 bits per heavy atom. The lowest BCUT2D eigenvalue weighted by molar-refractivity contribution is 0.443. The molecule has 0 saturated heterocycles. The molecule has 0 radical (unpaired) electrons. The number of aromatic nitrogens is 1. The van der Waals surface area contributed by atoms with Crippen LogP contribution in [0.2, 0.25) is 0 Å². The highest BCUT2D eigenvalue weighted by atomic mass is 32.1. The normalized spacial score (nSPS) is 18.0. The van der Waals surface area contributed by atoms with E-state index in [1.165, 1.54) is 35.7 Å². The Bertz CT molecular complexity index is 339. The van der Waals surface area contributed by atoms with Crippen molar-refractivity contribution in [1.29, 1.82) is 0 Å². The molecule has 1 N–H and O–H groups in total. The van der Waals surface area contributed by atoms with Gasteiger partial charge in [0.2, 0.25) is 0 Å². The van der Waals surface area contributed by atoms with Gasteiger partial charge in [0.25, 0.3) is 0 Å². The van der Waals surface area contributed by atoms with Gasteiger partial charge in [0.15, 0.2) is 0 Å². The molecule has 1 aromatic rings. The van der Waals surface area contributed by atoms with E-state index in [9.17, 15) is 0 Å². The van der Waals surface area contributed by atoms with Crippen LogP contribution in [-0.4, -0.2) is 11.5 Å². The van der Waals surface area contributed by atoms with Gasteiger partial charge in [-0.05, 0) is 30.6 Å². The van der Waals surface area contributed by atoms with Gasteiger partial charge in [0, 0.05) is 24.2 Å². The first-order valence-corrected chi connectivity index (χ1v) is 7.12. The van der Waals surface area contributed by atoms with Crippen molar-refractivity contribution in [2.45, 2.75) is 52.5 Å². The van der Waals surface area contributed by atoms with Crippen molar-refractivity contribution in [3.8, 4) is 0 Å². The van der Waals surface area contributed by atoms with Crippen molar-refractivity contribution in [2.75, 3.05) is 6.54 Å². The molecule has 0 aromatic carbocycles. The fourth-order valence-electron chi connectivity index (χ4n) is 1.94. The van der Waals surface area contributed by atoms with Crippen LogP contribution in [0.25, 0.3) is 0 Å². The van der Waals surface area contributed by atoms with E-state index in [4.69, 9.17) is 0 Å². The lowest BCUT2D eigenvalue weighted by atomic mass is 10.0. The third kappa shape index (κ3) is 2.83. The number of hydrogen-bond acceptors (Lipinski definition) is 3. The topological polar surface area (TPSA) is 24.9 Å². The van der Waals surface area contributed by atoms with Crippen LogP contribution in [0, 0.1) is 5.41 Å². The third-order valence-corrected chi connectivity index (χ3v) is 4.92. The Labute approximate surface area is 102 Å². The SMILES string of the molecule is CCC1(CNCc2ncc(C(C)C)s2)CC1. The molecule has 1 aromatic heterocycles. The lowest BCUT2D eigenvalue weighted by Crippen LogP contribution is -2.22. The molecule has 0 aliphatic heterocycles. The highest BCUT2D eigenvalue weighted by molar-refractivity contribution is 7.11. The van der Waals surface area contributed by atoms with Crippen LogP contribution < -0.4 is 5.32 Å². The molecule has 1 saturated carbocycles. The first-order valence-electron chi connectivity index (χ1n) is 6.30. The van der Waals surface area contributed by atoms with Crippen LogP contribution in [0.5, 0.6) is 0 Å². The van der Waals surface area contributed by atoms with E-state index in [2.05, 4.69) is 31.1 Å². The van der Waals surface area contributed by atoms with Crippen LogP contribution in [0.4, 0.5) is 0 Å². The Kier molecular flexibility index (Phi) is 3.65. The largest absolute Gasteiger partial charge is 0.310 e. The van der Waals surface area contributed by atoms with Crippen molar-refractivity contribution >= 4 is 11.3 Å². The van der Waals surface area contributed by atoms with Gasteiger partial charge >= 0.3 is 0 Å². The van der Waals surface area contributed by atoms with Crippen LogP contribution in [-0.2, 0) is 6.54 Å². The molecule has 0 spiro atoms. The molecule has 1 fully saturated rings. The van der Waals surface area contributed by atoms with Crippen molar-refractivity contribution < 1.29 is 0 Å². The first-order chi connectivity index (χ1) is 7.65. The summed E-state index contributed by atoms with van der Waals surface area (Å²) in [6, 6.07) is 0. The molecule has 0 amide bonds. The lowest BCUT2D eigenvalue weighted by Gasteiger charge is -2.12.